The average molecular weight is 282 g/mol. The minimum absolute atomic E-state index is 0.268. The van der Waals surface area contributed by atoms with E-state index >= 15 is 0 Å². The van der Waals surface area contributed by atoms with E-state index in [-0.39, 0.29) is 11.6 Å². The lowest BCUT2D eigenvalue weighted by atomic mass is 10.3. The number of pyridine rings is 2. The molecule has 0 atom stereocenters. The van der Waals surface area contributed by atoms with Crippen LogP contribution in [-0.2, 0) is 0 Å². The second-order valence-corrected chi connectivity index (χ2v) is 4.39. The van der Waals surface area contributed by atoms with Crippen molar-refractivity contribution < 1.29 is 4.79 Å². The van der Waals surface area contributed by atoms with Gasteiger partial charge in [0.25, 0.3) is 5.91 Å². The largest absolute Gasteiger partial charge is 0.319 e. The molecule has 0 aliphatic rings. The first-order valence-electron chi connectivity index (χ1n) is 5.12. The maximum atomic E-state index is 11.9. The van der Waals surface area contributed by atoms with Crippen LogP contribution in [0.5, 0.6) is 0 Å². The number of nitrogens with zero attached hydrogens (tertiary/aromatic N) is 2. The Kier molecular flexibility index (Phi) is 3.79. The van der Waals surface area contributed by atoms with Gasteiger partial charge in [-0.2, -0.15) is 0 Å². The molecule has 0 aliphatic heterocycles. The Morgan fingerprint density at radius 1 is 1.22 bits per heavy atom. The van der Waals surface area contributed by atoms with E-state index in [2.05, 4.69) is 15.3 Å². The van der Waals surface area contributed by atoms with Crippen LogP contribution in [0.3, 0.4) is 0 Å². The molecule has 0 aromatic carbocycles. The van der Waals surface area contributed by atoms with E-state index in [9.17, 15) is 4.79 Å². The molecule has 92 valence electrons. The van der Waals surface area contributed by atoms with E-state index in [1.165, 1.54) is 6.20 Å². The molecular formula is C12H9Cl2N3O. The molecule has 0 unspecified atom stereocenters. The Balaban J connectivity index is 2.21. The Labute approximate surface area is 114 Å². The molecule has 0 saturated heterocycles. The predicted octanol–water partition coefficient (Wildman–Crippen LogP) is 3.34. The van der Waals surface area contributed by atoms with E-state index in [1.54, 1.807) is 31.3 Å². The summed E-state index contributed by atoms with van der Waals surface area (Å²) in [6.07, 6.45) is 2.99. The van der Waals surface area contributed by atoms with Crippen molar-refractivity contribution in [1.29, 1.82) is 0 Å². The number of halogens is 2. The third-order valence-corrected chi connectivity index (χ3v) is 2.97. The van der Waals surface area contributed by atoms with Crippen molar-refractivity contribution in [2.24, 2.45) is 0 Å². The second-order valence-electron chi connectivity index (χ2n) is 3.57. The van der Waals surface area contributed by atoms with E-state index in [0.717, 1.165) is 0 Å². The first-order valence-corrected chi connectivity index (χ1v) is 5.87. The number of aryl methyl sites for hydroxylation is 1. The van der Waals surface area contributed by atoms with Gasteiger partial charge in [-0.3, -0.25) is 9.78 Å². The normalized spacial score (nSPS) is 10.2. The second kappa shape index (κ2) is 5.33. The molecule has 2 heterocycles. The molecule has 1 N–H and O–H groups in total. The van der Waals surface area contributed by atoms with Crippen LogP contribution >= 0.6 is 23.2 Å². The Morgan fingerprint density at radius 2 is 2.00 bits per heavy atom. The van der Waals surface area contributed by atoms with Gasteiger partial charge in [0.05, 0.1) is 21.4 Å². The van der Waals surface area contributed by atoms with Gasteiger partial charge in [0.1, 0.15) is 5.69 Å². The van der Waals surface area contributed by atoms with Crippen LogP contribution in [0.15, 0.2) is 30.6 Å². The first-order chi connectivity index (χ1) is 8.58. The highest BCUT2D eigenvalue weighted by Gasteiger charge is 2.10. The van der Waals surface area contributed by atoms with Crippen molar-refractivity contribution in [3.05, 3.63) is 52.0 Å². The van der Waals surface area contributed by atoms with E-state index < -0.39 is 0 Å². The summed E-state index contributed by atoms with van der Waals surface area (Å²) in [5.41, 5.74) is 1.43. The third-order valence-electron chi connectivity index (χ3n) is 2.27. The number of carbonyl (C=O) groups is 1. The maximum absolute atomic E-state index is 11.9. The molecule has 0 fully saturated rings. The van der Waals surface area contributed by atoms with E-state index in [1.807, 2.05) is 0 Å². The standard InChI is InChI=1S/C12H9Cl2N3O/c1-7-11(14)9(4-5-15-7)17-12(18)10-3-2-8(13)6-16-10/h2-6H,1H3,(H,15,17,18). The Hall–Kier alpha value is -1.65. The van der Waals surface area contributed by atoms with Gasteiger partial charge < -0.3 is 5.32 Å². The van der Waals surface area contributed by atoms with Crippen molar-refractivity contribution in [3.8, 4) is 0 Å². The van der Waals surface area contributed by atoms with Crippen LogP contribution in [-0.4, -0.2) is 15.9 Å². The van der Waals surface area contributed by atoms with Gasteiger partial charge in [-0.25, -0.2) is 4.98 Å². The quantitative estimate of drug-likeness (QED) is 0.919. The fourth-order valence-corrected chi connectivity index (χ4v) is 1.61. The summed E-state index contributed by atoms with van der Waals surface area (Å²) in [6.45, 7) is 1.76. The molecule has 0 spiro atoms. The highest BCUT2D eigenvalue weighted by molar-refractivity contribution is 6.34. The number of rotatable bonds is 2. The van der Waals surface area contributed by atoms with Crippen molar-refractivity contribution >= 4 is 34.8 Å². The van der Waals surface area contributed by atoms with Crippen molar-refractivity contribution in [3.63, 3.8) is 0 Å². The number of aromatic nitrogens is 2. The van der Waals surface area contributed by atoms with Gasteiger partial charge >= 0.3 is 0 Å². The number of nitrogens with one attached hydrogen (secondary N) is 1. The minimum Gasteiger partial charge on any atom is -0.319 e. The first kappa shape index (κ1) is 12.8. The zero-order valence-corrected chi connectivity index (χ0v) is 11.0. The lowest BCUT2D eigenvalue weighted by Crippen LogP contribution is -2.14. The molecule has 1 amide bonds. The van der Waals surface area contributed by atoms with Crippen molar-refractivity contribution in [2.45, 2.75) is 6.92 Å². The van der Waals surface area contributed by atoms with Crippen LogP contribution in [0.1, 0.15) is 16.2 Å². The average Bonchev–Trinajstić information content (AvgIpc) is 2.36. The number of anilines is 1. The molecule has 0 aliphatic carbocycles. The van der Waals surface area contributed by atoms with Gasteiger partial charge in [-0.15, -0.1) is 0 Å². The molecule has 2 aromatic rings. The number of amides is 1. The van der Waals surface area contributed by atoms with Crippen LogP contribution in [0.4, 0.5) is 5.69 Å². The lowest BCUT2D eigenvalue weighted by Gasteiger charge is -2.07. The number of hydrogen-bond acceptors (Lipinski definition) is 3. The maximum Gasteiger partial charge on any atom is 0.274 e. The topological polar surface area (TPSA) is 54.9 Å². The van der Waals surface area contributed by atoms with Crippen LogP contribution in [0.25, 0.3) is 0 Å². The number of carbonyl (C=O) groups excluding carboxylic acids is 1. The molecule has 18 heavy (non-hydrogen) atoms. The summed E-state index contributed by atoms with van der Waals surface area (Å²) < 4.78 is 0. The smallest absolute Gasteiger partial charge is 0.274 e. The monoisotopic (exact) mass is 281 g/mol. The van der Waals surface area contributed by atoms with Crippen LogP contribution in [0, 0.1) is 6.92 Å². The highest BCUT2D eigenvalue weighted by Crippen LogP contribution is 2.23. The molecule has 6 heteroatoms. The summed E-state index contributed by atoms with van der Waals surface area (Å²) in [7, 11) is 0. The van der Waals surface area contributed by atoms with Gasteiger partial charge in [-0.05, 0) is 25.1 Å². The van der Waals surface area contributed by atoms with Crippen LogP contribution < -0.4 is 5.32 Å². The summed E-state index contributed by atoms with van der Waals surface area (Å²) in [4.78, 5) is 19.8. The predicted molar refractivity (Wildman–Crippen MR) is 71.2 cm³/mol. The molecule has 4 nitrogen and oxygen atoms in total. The van der Waals surface area contributed by atoms with E-state index in [0.29, 0.717) is 21.4 Å². The van der Waals surface area contributed by atoms with Gasteiger partial charge in [0, 0.05) is 12.4 Å². The SMILES string of the molecule is Cc1nccc(NC(=O)c2ccc(Cl)cn2)c1Cl. The van der Waals surface area contributed by atoms with Crippen molar-refractivity contribution in [2.75, 3.05) is 5.32 Å². The molecule has 0 saturated carbocycles. The third kappa shape index (κ3) is 2.78. The van der Waals surface area contributed by atoms with Crippen LogP contribution in [0.2, 0.25) is 10.0 Å². The molecule has 2 aromatic heterocycles. The Morgan fingerprint density at radius 3 is 2.67 bits per heavy atom. The molecule has 2 rings (SSSR count). The summed E-state index contributed by atoms with van der Waals surface area (Å²) in [5.74, 6) is -0.348. The van der Waals surface area contributed by atoms with E-state index in [4.69, 9.17) is 23.2 Å². The molecular weight excluding hydrogens is 273 g/mol. The van der Waals surface area contributed by atoms with Gasteiger partial charge in [0.15, 0.2) is 0 Å². The van der Waals surface area contributed by atoms with Gasteiger partial charge in [0.2, 0.25) is 0 Å². The lowest BCUT2D eigenvalue weighted by molar-refractivity contribution is 0.102. The van der Waals surface area contributed by atoms with Crippen molar-refractivity contribution in [1.82, 2.24) is 9.97 Å². The fourth-order valence-electron chi connectivity index (χ4n) is 1.34. The number of hydrogen-bond donors (Lipinski definition) is 1. The Bertz CT molecular complexity index is 584. The summed E-state index contributed by atoms with van der Waals surface area (Å²) >= 11 is 11.7. The summed E-state index contributed by atoms with van der Waals surface area (Å²) in [5, 5.41) is 3.56. The fraction of sp³-hybridized carbons (Fsp3) is 0.0833. The zero-order valence-electron chi connectivity index (χ0n) is 9.45. The summed E-state index contributed by atoms with van der Waals surface area (Å²) in [6, 6.07) is 4.77. The highest BCUT2D eigenvalue weighted by atomic mass is 35.5. The molecule has 0 bridgehead atoms. The molecule has 0 radical (unpaired) electrons. The van der Waals surface area contributed by atoms with Gasteiger partial charge in [-0.1, -0.05) is 23.2 Å². The minimum atomic E-state index is -0.348. The zero-order chi connectivity index (χ0) is 13.1.